The van der Waals surface area contributed by atoms with Gasteiger partial charge in [-0.2, -0.15) is 0 Å². The van der Waals surface area contributed by atoms with Gasteiger partial charge in [0, 0.05) is 23.5 Å². The highest BCUT2D eigenvalue weighted by molar-refractivity contribution is 7.98. The van der Waals surface area contributed by atoms with Crippen molar-refractivity contribution in [3.8, 4) is 0 Å². The van der Waals surface area contributed by atoms with Crippen LogP contribution in [-0.2, 0) is 12.2 Å². The van der Waals surface area contributed by atoms with Gasteiger partial charge < -0.3 is 5.32 Å². The van der Waals surface area contributed by atoms with E-state index in [1.54, 1.807) is 18.3 Å². The van der Waals surface area contributed by atoms with Crippen LogP contribution in [0.15, 0.2) is 78.0 Å². The Balaban J connectivity index is 1.61. The lowest BCUT2D eigenvalue weighted by molar-refractivity contribution is 0.0950. The van der Waals surface area contributed by atoms with Crippen LogP contribution in [0.3, 0.4) is 0 Å². The SMILES string of the molecule is O=C(NCCc1ccccc1)c1cccnc1SCc1ccccc1Cl. The predicted octanol–water partition coefficient (Wildman–Crippen LogP) is 5.00. The summed E-state index contributed by atoms with van der Waals surface area (Å²) in [5.41, 5.74) is 2.82. The molecule has 0 saturated heterocycles. The Morgan fingerprint density at radius 1 is 1.00 bits per heavy atom. The zero-order valence-corrected chi connectivity index (χ0v) is 15.8. The van der Waals surface area contributed by atoms with E-state index in [9.17, 15) is 4.79 Å². The third-order valence-electron chi connectivity index (χ3n) is 3.88. The second-order valence-corrected chi connectivity index (χ2v) is 7.10. The Kier molecular flexibility index (Phi) is 6.69. The molecule has 3 rings (SSSR count). The molecular weight excluding hydrogens is 364 g/mol. The van der Waals surface area contributed by atoms with E-state index < -0.39 is 0 Å². The number of aromatic nitrogens is 1. The molecule has 1 N–H and O–H groups in total. The van der Waals surface area contributed by atoms with Gasteiger partial charge in [-0.25, -0.2) is 4.98 Å². The number of halogens is 1. The fraction of sp³-hybridized carbons (Fsp3) is 0.143. The number of amides is 1. The quantitative estimate of drug-likeness (QED) is 0.584. The number of nitrogens with one attached hydrogen (secondary N) is 1. The minimum atomic E-state index is -0.101. The average molecular weight is 383 g/mol. The molecule has 132 valence electrons. The van der Waals surface area contributed by atoms with Crippen LogP contribution < -0.4 is 5.32 Å². The number of hydrogen-bond acceptors (Lipinski definition) is 3. The molecule has 0 atom stereocenters. The van der Waals surface area contributed by atoms with Crippen LogP contribution >= 0.6 is 23.4 Å². The smallest absolute Gasteiger partial charge is 0.254 e. The minimum absolute atomic E-state index is 0.101. The van der Waals surface area contributed by atoms with Crippen molar-refractivity contribution in [1.29, 1.82) is 0 Å². The largest absolute Gasteiger partial charge is 0.352 e. The molecule has 0 bridgehead atoms. The van der Waals surface area contributed by atoms with Crippen LogP contribution in [0.5, 0.6) is 0 Å². The highest BCUT2D eigenvalue weighted by Gasteiger charge is 2.13. The van der Waals surface area contributed by atoms with E-state index in [2.05, 4.69) is 22.4 Å². The number of pyridine rings is 1. The molecule has 1 heterocycles. The van der Waals surface area contributed by atoms with Crippen LogP contribution in [0.25, 0.3) is 0 Å². The highest BCUT2D eigenvalue weighted by Crippen LogP contribution is 2.27. The van der Waals surface area contributed by atoms with Gasteiger partial charge >= 0.3 is 0 Å². The summed E-state index contributed by atoms with van der Waals surface area (Å²) in [7, 11) is 0. The second-order valence-electron chi connectivity index (χ2n) is 5.73. The first-order valence-electron chi connectivity index (χ1n) is 8.37. The van der Waals surface area contributed by atoms with Gasteiger partial charge in [-0.15, -0.1) is 11.8 Å². The van der Waals surface area contributed by atoms with E-state index in [0.717, 1.165) is 17.0 Å². The Bertz CT molecular complexity index is 871. The summed E-state index contributed by atoms with van der Waals surface area (Å²) in [4.78, 5) is 16.9. The van der Waals surface area contributed by atoms with Crippen LogP contribution in [0, 0.1) is 0 Å². The molecular formula is C21H19ClN2OS. The molecule has 3 nitrogen and oxygen atoms in total. The van der Waals surface area contributed by atoms with Gasteiger partial charge in [0.15, 0.2) is 0 Å². The van der Waals surface area contributed by atoms with E-state index in [4.69, 9.17) is 11.6 Å². The van der Waals surface area contributed by atoms with E-state index in [1.807, 2.05) is 42.5 Å². The Morgan fingerprint density at radius 2 is 1.77 bits per heavy atom. The van der Waals surface area contributed by atoms with E-state index in [0.29, 0.717) is 22.9 Å². The number of carbonyl (C=O) groups is 1. The Morgan fingerprint density at radius 3 is 2.58 bits per heavy atom. The lowest BCUT2D eigenvalue weighted by Gasteiger charge is -2.10. The molecule has 0 radical (unpaired) electrons. The van der Waals surface area contributed by atoms with Crippen molar-refractivity contribution in [1.82, 2.24) is 10.3 Å². The lowest BCUT2D eigenvalue weighted by atomic mass is 10.1. The molecule has 1 aromatic heterocycles. The predicted molar refractivity (Wildman–Crippen MR) is 108 cm³/mol. The van der Waals surface area contributed by atoms with Crippen molar-refractivity contribution in [2.75, 3.05) is 6.54 Å². The molecule has 3 aromatic rings. The first kappa shape index (κ1) is 18.5. The van der Waals surface area contributed by atoms with Crippen molar-refractivity contribution in [2.45, 2.75) is 17.2 Å². The summed E-state index contributed by atoms with van der Waals surface area (Å²) in [6, 6.07) is 21.4. The minimum Gasteiger partial charge on any atom is -0.352 e. The molecule has 0 saturated carbocycles. The maximum Gasteiger partial charge on any atom is 0.254 e. The summed E-state index contributed by atoms with van der Waals surface area (Å²) in [6.45, 7) is 0.590. The van der Waals surface area contributed by atoms with Crippen LogP contribution in [0.1, 0.15) is 21.5 Å². The fourth-order valence-electron chi connectivity index (χ4n) is 2.50. The monoisotopic (exact) mass is 382 g/mol. The zero-order valence-electron chi connectivity index (χ0n) is 14.2. The van der Waals surface area contributed by atoms with E-state index in [-0.39, 0.29) is 5.91 Å². The number of rotatable bonds is 7. The zero-order chi connectivity index (χ0) is 18.2. The topological polar surface area (TPSA) is 42.0 Å². The number of thioether (sulfide) groups is 1. The van der Waals surface area contributed by atoms with Crippen LogP contribution in [-0.4, -0.2) is 17.4 Å². The Hall–Kier alpha value is -2.30. The second kappa shape index (κ2) is 9.41. The first-order chi connectivity index (χ1) is 12.7. The molecule has 0 aliphatic rings. The van der Waals surface area contributed by atoms with Gasteiger partial charge in [-0.1, -0.05) is 60.1 Å². The summed E-state index contributed by atoms with van der Waals surface area (Å²) in [5.74, 6) is 0.566. The molecule has 0 fully saturated rings. The third kappa shape index (κ3) is 5.10. The van der Waals surface area contributed by atoms with Crippen LogP contribution in [0.2, 0.25) is 5.02 Å². The fourth-order valence-corrected chi connectivity index (χ4v) is 3.78. The number of carbonyl (C=O) groups excluding carboxylic acids is 1. The molecule has 0 aliphatic heterocycles. The highest BCUT2D eigenvalue weighted by atomic mass is 35.5. The molecule has 1 amide bonds. The first-order valence-corrected chi connectivity index (χ1v) is 9.74. The lowest BCUT2D eigenvalue weighted by Crippen LogP contribution is -2.26. The summed E-state index contributed by atoms with van der Waals surface area (Å²) < 4.78 is 0. The maximum absolute atomic E-state index is 12.5. The van der Waals surface area contributed by atoms with Gasteiger partial charge in [0.25, 0.3) is 5.91 Å². The number of hydrogen-bond donors (Lipinski definition) is 1. The van der Waals surface area contributed by atoms with E-state index >= 15 is 0 Å². The van der Waals surface area contributed by atoms with Gasteiger partial charge in [0.1, 0.15) is 5.03 Å². The van der Waals surface area contributed by atoms with Gasteiger partial charge in [-0.3, -0.25) is 4.79 Å². The molecule has 0 unspecified atom stereocenters. The van der Waals surface area contributed by atoms with Crippen molar-refractivity contribution >= 4 is 29.3 Å². The average Bonchev–Trinajstić information content (AvgIpc) is 2.68. The van der Waals surface area contributed by atoms with Crippen molar-refractivity contribution < 1.29 is 4.79 Å². The molecule has 26 heavy (non-hydrogen) atoms. The van der Waals surface area contributed by atoms with Crippen molar-refractivity contribution in [3.63, 3.8) is 0 Å². The number of benzene rings is 2. The standard InChI is InChI=1S/C21H19ClN2OS/c22-19-11-5-4-9-17(19)15-26-21-18(10-6-13-24-21)20(25)23-14-12-16-7-2-1-3-8-16/h1-11,13H,12,14-15H2,(H,23,25). The Labute approximate surface area is 162 Å². The third-order valence-corrected chi connectivity index (χ3v) is 5.30. The van der Waals surface area contributed by atoms with E-state index in [1.165, 1.54) is 17.3 Å². The molecule has 5 heteroatoms. The summed E-state index contributed by atoms with van der Waals surface area (Å²) in [5, 5.41) is 4.42. The summed E-state index contributed by atoms with van der Waals surface area (Å²) in [6.07, 6.45) is 2.50. The van der Waals surface area contributed by atoms with Crippen LogP contribution in [0.4, 0.5) is 0 Å². The van der Waals surface area contributed by atoms with Gasteiger partial charge in [0.2, 0.25) is 0 Å². The van der Waals surface area contributed by atoms with Crippen molar-refractivity contribution in [2.24, 2.45) is 0 Å². The van der Waals surface area contributed by atoms with Gasteiger partial charge in [-0.05, 0) is 35.7 Å². The molecule has 0 aliphatic carbocycles. The molecule has 2 aromatic carbocycles. The summed E-state index contributed by atoms with van der Waals surface area (Å²) >= 11 is 7.72. The maximum atomic E-state index is 12.5. The van der Waals surface area contributed by atoms with Crippen molar-refractivity contribution in [3.05, 3.63) is 94.6 Å². The molecule has 0 spiro atoms. The van der Waals surface area contributed by atoms with Gasteiger partial charge in [0.05, 0.1) is 5.56 Å². The normalized spacial score (nSPS) is 10.5. The number of nitrogens with zero attached hydrogens (tertiary/aromatic N) is 1.